The van der Waals surface area contributed by atoms with Crippen LogP contribution in [-0.4, -0.2) is 37.0 Å². The molecular weight excluding hydrogens is 322 g/mol. The van der Waals surface area contributed by atoms with Crippen LogP contribution in [0.3, 0.4) is 0 Å². The van der Waals surface area contributed by atoms with E-state index < -0.39 is 0 Å². The van der Waals surface area contributed by atoms with Crippen molar-refractivity contribution in [1.82, 2.24) is 4.90 Å². The van der Waals surface area contributed by atoms with Crippen LogP contribution < -0.4 is 10.2 Å². The summed E-state index contributed by atoms with van der Waals surface area (Å²) in [5.74, 6) is 0.0916. The van der Waals surface area contributed by atoms with E-state index in [1.165, 1.54) is 24.9 Å². The van der Waals surface area contributed by atoms with E-state index in [1.807, 2.05) is 44.3 Å². The number of hydrogen-bond donors (Lipinski definition) is 1. The van der Waals surface area contributed by atoms with Crippen LogP contribution >= 0.6 is 0 Å². The summed E-state index contributed by atoms with van der Waals surface area (Å²) in [5.41, 5.74) is 3.40. The van der Waals surface area contributed by atoms with Crippen LogP contribution in [0.2, 0.25) is 0 Å². The number of carbonyl (C=O) groups excluding carboxylic acids is 1. The minimum absolute atomic E-state index is 0.0916. The van der Waals surface area contributed by atoms with Gasteiger partial charge in [-0.1, -0.05) is 30.3 Å². The number of piperidine rings is 1. The number of hydrogen-bond acceptors (Lipinski definition) is 3. The molecule has 3 rings (SSSR count). The summed E-state index contributed by atoms with van der Waals surface area (Å²) in [7, 11) is 1.85. The molecule has 4 nitrogen and oxygen atoms in total. The molecular formula is C22H29N3O. The maximum absolute atomic E-state index is 12.6. The number of rotatable bonds is 6. The largest absolute Gasteiger partial charge is 0.374 e. The molecule has 1 aliphatic heterocycles. The van der Waals surface area contributed by atoms with Gasteiger partial charge in [-0.2, -0.15) is 0 Å². The Morgan fingerprint density at radius 2 is 1.69 bits per heavy atom. The monoisotopic (exact) mass is 351 g/mol. The van der Waals surface area contributed by atoms with Crippen molar-refractivity contribution in [2.45, 2.75) is 38.8 Å². The van der Waals surface area contributed by atoms with Gasteiger partial charge < -0.3 is 15.1 Å². The molecule has 1 aliphatic rings. The van der Waals surface area contributed by atoms with Gasteiger partial charge in [-0.3, -0.25) is 4.79 Å². The molecule has 4 heteroatoms. The highest BCUT2D eigenvalue weighted by atomic mass is 16.2. The molecule has 26 heavy (non-hydrogen) atoms. The highest BCUT2D eigenvalue weighted by Gasteiger charge is 2.18. The normalized spacial score (nSPS) is 15.4. The van der Waals surface area contributed by atoms with Crippen molar-refractivity contribution in [2.24, 2.45) is 0 Å². The third-order valence-electron chi connectivity index (χ3n) is 4.98. The highest BCUT2D eigenvalue weighted by Crippen LogP contribution is 2.22. The number of nitrogens with zero attached hydrogens (tertiary/aromatic N) is 2. The second kappa shape index (κ2) is 8.75. The highest BCUT2D eigenvalue weighted by molar-refractivity contribution is 5.84. The predicted molar refractivity (Wildman–Crippen MR) is 109 cm³/mol. The van der Waals surface area contributed by atoms with Gasteiger partial charge >= 0.3 is 0 Å². The first-order valence-electron chi connectivity index (χ1n) is 9.54. The van der Waals surface area contributed by atoms with Gasteiger partial charge in [0.05, 0.1) is 0 Å². The van der Waals surface area contributed by atoms with Gasteiger partial charge in [-0.25, -0.2) is 0 Å². The minimum Gasteiger partial charge on any atom is -0.374 e. The van der Waals surface area contributed by atoms with Crippen LogP contribution in [0.5, 0.6) is 0 Å². The third-order valence-corrected chi connectivity index (χ3v) is 4.98. The molecule has 1 N–H and O–H groups in total. The fraction of sp³-hybridized carbons (Fsp3) is 0.409. The van der Waals surface area contributed by atoms with Crippen LogP contribution in [0, 0.1) is 0 Å². The molecule has 0 spiro atoms. The molecule has 0 bridgehead atoms. The lowest BCUT2D eigenvalue weighted by molar-refractivity contribution is -0.130. The van der Waals surface area contributed by atoms with Gasteiger partial charge in [0.1, 0.15) is 6.04 Å². The molecule has 0 aliphatic carbocycles. The number of carbonyl (C=O) groups is 1. The molecule has 1 saturated heterocycles. The van der Waals surface area contributed by atoms with E-state index in [0.717, 1.165) is 24.3 Å². The van der Waals surface area contributed by atoms with Crippen molar-refractivity contribution in [3.05, 3.63) is 60.2 Å². The summed E-state index contributed by atoms with van der Waals surface area (Å²) in [4.78, 5) is 16.8. The zero-order valence-corrected chi connectivity index (χ0v) is 15.8. The fourth-order valence-electron chi connectivity index (χ4n) is 3.50. The van der Waals surface area contributed by atoms with Gasteiger partial charge in [0.15, 0.2) is 0 Å². The van der Waals surface area contributed by atoms with Crippen molar-refractivity contribution in [3.8, 4) is 0 Å². The Morgan fingerprint density at radius 3 is 2.35 bits per heavy atom. The second-order valence-corrected chi connectivity index (χ2v) is 7.14. The van der Waals surface area contributed by atoms with Gasteiger partial charge in [-0.15, -0.1) is 0 Å². The molecule has 1 amide bonds. The van der Waals surface area contributed by atoms with E-state index in [2.05, 4.69) is 34.5 Å². The summed E-state index contributed by atoms with van der Waals surface area (Å²) in [6.45, 7) is 4.83. The van der Waals surface area contributed by atoms with Crippen molar-refractivity contribution >= 4 is 17.3 Å². The summed E-state index contributed by atoms with van der Waals surface area (Å²) in [6.07, 6.45) is 3.89. The van der Waals surface area contributed by atoms with Crippen LogP contribution in [0.1, 0.15) is 31.7 Å². The van der Waals surface area contributed by atoms with Crippen LogP contribution in [0.25, 0.3) is 0 Å². The van der Waals surface area contributed by atoms with E-state index in [0.29, 0.717) is 6.54 Å². The second-order valence-electron chi connectivity index (χ2n) is 7.14. The Kier molecular flexibility index (Phi) is 6.16. The SMILES string of the molecule is CC(Nc1ccc(N2CCCCC2)cc1)C(=O)N(C)Cc1ccccc1. The Morgan fingerprint density at radius 1 is 1.04 bits per heavy atom. The Labute approximate surface area is 156 Å². The van der Waals surface area contributed by atoms with E-state index in [-0.39, 0.29) is 11.9 Å². The molecule has 2 aromatic rings. The topological polar surface area (TPSA) is 35.6 Å². The molecule has 1 atom stereocenters. The fourth-order valence-corrected chi connectivity index (χ4v) is 3.50. The summed E-state index contributed by atoms with van der Waals surface area (Å²) < 4.78 is 0. The smallest absolute Gasteiger partial charge is 0.244 e. The van der Waals surface area contributed by atoms with Gasteiger partial charge in [-0.05, 0) is 56.0 Å². The quantitative estimate of drug-likeness (QED) is 0.850. The molecule has 1 unspecified atom stereocenters. The van der Waals surface area contributed by atoms with Crippen molar-refractivity contribution in [2.75, 3.05) is 30.4 Å². The lowest BCUT2D eigenvalue weighted by Crippen LogP contribution is -2.38. The first-order valence-corrected chi connectivity index (χ1v) is 9.54. The molecule has 0 saturated carbocycles. The van der Waals surface area contributed by atoms with Crippen molar-refractivity contribution in [1.29, 1.82) is 0 Å². The van der Waals surface area contributed by atoms with Gasteiger partial charge in [0, 0.05) is 38.1 Å². The number of anilines is 2. The first-order chi connectivity index (χ1) is 12.6. The van der Waals surface area contributed by atoms with E-state index in [9.17, 15) is 4.79 Å². The van der Waals surface area contributed by atoms with Crippen molar-refractivity contribution in [3.63, 3.8) is 0 Å². The van der Waals surface area contributed by atoms with Gasteiger partial charge in [0.2, 0.25) is 5.91 Å². The zero-order chi connectivity index (χ0) is 18.4. The molecule has 1 heterocycles. The minimum atomic E-state index is -0.260. The Balaban J connectivity index is 1.54. The molecule has 138 valence electrons. The Bertz CT molecular complexity index is 693. The average molecular weight is 351 g/mol. The third kappa shape index (κ3) is 4.78. The summed E-state index contributed by atoms with van der Waals surface area (Å²) in [5, 5.41) is 3.33. The number of benzene rings is 2. The maximum atomic E-state index is 12.6. The van der Waals surface area contributed by atoms with Gasteiger partial charge in [0.25, 0.3) is 0 Å². The lowest BCUT2D eigenvalue weighted by atomic mass is 10.1. The number of nitrogens with one attached hydrogen (secondary N) is 1. The first kappa shape index (κ1) is 18.3. The molecule has 0 radical (unpaired) electrons. The number of likely N-dealkylation sites (N-methyl/N-ethyl adjacent to an activating group) is 1. The van der Waals surface area contributed by atoms with Crippen LogP contribution in [-0.2, 0) is 11.3 Å². The predicted octanol–water partition coefficient (Wildman–Crippen LogP) is 4.14. The van der Waals surface area contributed by atoms with Crippen molar-refractivity contribution < 1.29 is 4.79 Å². The average Bonchev–Trinajstić information content (AvgIpc) is 2.69. The van der Waals surface area contributed by atoms with Crippen LogP contribution in [0.15, 0.2) is 54.6 Å². The molecule has 0 aromatic heterocycles. The lowest BCUT2D eigenvalue weighted by Gasteiger charge is -2.29. The number of amides is 1. The van der Waals surface area contributed by atoms with E-state index in [1.54, 1.807) is 4.90 Å². The molecule has 1 fully saturated rings. The van der Waals surface area contributed by atoms with Crippen LogP contribution in [0.4, 0.5) is 11.4 Å². The standard InChI is InChI=1S/C22H29N3O/c1-18(22(26)24(2)17-19-9-5-3-6-10-19)23-20-11-13-21(14-12-20)25-15-7-4-8-16-25/h3,5-6,9-14,18,23H,4,7-8,15-17H2,1-2H3. The van der Waals surface area contributed by atoms with E-state index >= 15 is 0 Å². The summed E-state index contributed by atoms with van der Waals surface area (Å²) >= 11 is 0. The zero-order valence-electron chi connectivity index (χ0n) is 15.8. The molecule has 2 aromatic carbocycles. The Hall–Kier alpha value is -2.49. The van der Waals surface area contributed by atoms with E-state index in [4.69, 9.17) is 0 Å². The maximum Gasteiger partial charge on any atom is 0.244 e. The summed E-state index contributed by atoms with van der Waals surface area (Å²) in [6, 6.07) is 18.3.